The van der Waals surface area contributed by atoms with Crippen LogP contribution in [0.3, 0.4) is 0 Å². The van der Waals surface area contributed by atoms with E-state index in [0.29, 0.717) is 10.1 Å². The minimum Gasteiger partial charge on any atom is -0.173 e. The molecular formula is C13H32Cl2Si4. The second-order valence-electron chi connectivity index (χ2n) is 8.74. The first-order valence-corrected chi connectivity index (χ1v) is 20.5. The van der Waals surface area contributed by atoms with Crippen LogP contribution in [0.5, 0.6) is 0 Å². The summed E-state index contributed by atoms with van der Waals surface area (Å²) in [4.78, 5) is 0. The van der Waals surface area contributed by atoms with Gasteiger partial charge in [-0.25, -0.2) is 0 Å². The van der Waals surface area contributed by atoms with E-state index in [1.54, 1.807) is 0 Å². The third-order valence-corrected chi connectivity index (χ3v) is 44.8. The van der Waals surface area contributed by atoms with Gasteiger partial charge in [0.15, 0.2) is 15.2 Å². The highest BCUT2D eigenvalue weighted by Gasteiger charge is 2.48. The highest BCUT2D eigenvalue weighted by Crippen LogP contribution is 2.43. The minimum absolute atomic E-state index is 0.384. The Morgan fingerprint density at radius 2 is 0.895 bits per heavy atom. The molecule has 0 aliphatic heterocycles. The maximum Gasteiger partial charge on any atom is 0.152 e. The van der Waals surface area contributed by atoms with E-state index in [-0.39, 0.29) is 0 Å². The second-order valence-corrected chi connectivity index (χ2v) is 37.0. The van der Waals surface area contributed by atoms with Crippen molar-refractivity contribution < 1.29 is 0 Å². The second kappa shape index (κ2) is 6.29. The highest BCUT2D eigenvalue weighted by molar-refractivity contribution is 7.59. The molecule has 0 aromatic carbocycles. The van der Waals surface area contributed by atoms with E-state index >= 15 is 0 Å². The maximum absolute atomic E-state index is 6.93. The van der Waals surface area contributed by atoms with Crippen LogP contribution >= 0.6 is 22.2 Å². The van der Waals surface area contributed by atoms with Crippen molar-refractivity contribution in [2.75, 3.05) is 0 Å². The molecule has 0 spiro atoms. The van der Waals surface area contributed by atoms with Crippen molar-refractivity contribution in [2.24, 2.45) is 0 Å². The van der Waals surface area contributed by atoms with Gasteiger partial charge in [-0.2, -0.15) is 22.2 Å². The summed E-state index contributed by atoms with van der Waals surface area (Å²) in [6.07, 6.45) is 0. The van der Waals surface area contributed by atoms with Gasteiger partial charge < -0.3 is 0 Å². The Kier molecular flexibility index (Phi) is 6.76. The van der Waals surface area contributed by atoms with Crippen molar-refractivity contribution in [1.29, 1.82) is 0 Å². The fraction of sp³-hybridized carbons (Fsp3) is 1.00. The predicted molar refractivity (Wildman–Crippen MR) is 102 cm³/mol. The van der Waals surface area contributed by atoms with Crippen LogP contribution in [0.4, 0.5) is 0 Å². The van der Waals surface area contributed by atoms with Crippen LogP contribution in [-0.4, -0.2) is 30.4 Å². The lowest BCUT2D eigenvalue weighted by molar-refractivity contribution is 0.733. The summed E-state index contributed by atoms with van der Waals surface area (Å²) in [5, 5.41) is 0.769. The standard InChI is InChI=1S/C13H32Cl2Si4/c1-12(2,3)18(7,8)16(14)11-17(15)19(9,10)13(4,5)6/h11H2,1-10H3. The van der Waals surface area contributed by atoms with Crippen LogP contribution in [0.15, 0.2) is 0 Å². The molecule has 6 heteroatoms. The SMILES string of the molecule is CC(C)(C)[Si](C)(C)[Si](Cl)C[Si](Cl)[Si](C)(C)C(C)(C)C. The largest absolute Gasteiger partial charge is 0.173 e. The first-order chi connectivity index (χ1) is 8.05. The minimum atomic E-state index is -1.38. The Morgan fingerprint density at radius 1 is 0.684 bits per heavy atom. The molecule has 0 unspecified atom stereocenters. The molecule has 0 fully saturated rings. The highest BCUT2D eigenvalue weighted by atomic mass is 35.6. The lowest BCUT2D eigenvalue weighted by atomic mass is 10.2. The molecule has 0 aromatic heterocycles. The molecule has 0 saturated heterocycles. The van der Waals surface area contributed by atoms with Gasteiger partial charge in [-0.15, -0.1) is 0 Å². The van der Waals surface area contributed by atoms with E-state index in [2.05, 4.69) is 67.7 Å². The Morgan fingerprint density at radius 3 is 1.05 bits per heavy atom. The van der Waals surface area contributed by atoms with Crippen molar-refractivity contribution in [2.45, 2.75) is 83.5 Å². The number of halogens is 2. The van der Waals surface area contributed by atoms with Crippen LogP contribution in [0.1, 0.15) is 41.5 Å². The molecule has 0 aromatic rings. The molecule has 2 radical (unpaired) electrons. The lowest BCUT2D eigenvalue weighted by Crippen LogP contribution is -2.56. The number of hydrogen-bond donors (Lipinski definition) is 0. The molecule has 0 aliphatic rings. The third kappa shape index (κ3) is 4.71. The Hall–Kier alpha value is 1.45. The van der Waals surface area contributed by atoms with Gasteiger partial charge >= 0.3 is 0 Å². The van der Waals surface area contributed by atoms with Crippen molar-refractivity contribution >= 4 is 52.6 Å². The van der Waals surface area contributed by atoms with Gasteiger partial charge in [0.25, 0.3) is 0 Å². The van der Waals surface area contributed by atoms with E-state index in [9.17, 15) is 0 Å². The number of hydrogen-bond acceptors (Lipinski definition) is 0. The molecule has 0 heterocycles. The molecular weight excluding hydrogens is 339 g/mol. The monoisotopic (exact) mass is 370 g/mol. The molecule has 0 bridgehead atoms. The van der Waals surface area contributed by atoms with Gasteiger partial charge in [0, 0.05) is 0 Å². The molecule has 0 amide bonds. The zero-order chi connectivity index (χ0) is 15.9. The zero-order valence-corrected chi connectivity index (χ0v) is 20.0. The van der Waals surface area contributed by atoms with Gasteiger partial charge in [0.1, 0.15) is 0 Å². The van der Waals surface area contributed by atoms with E-state index in [1.807, 2.05) is 0 Å². The van der Waals surface area contributed by atoms with Crippen LogP contribution in [-0.2, 0) is 0 Å². The van der Waals surface area contributed by atoms with Crippen molar-refractivity contribution in [1.82, 2.24) is 0 Å². The molecule has 114 valence electrons. The van der Waals surface area contributed by atoms with E-state index < -0.39 is 30.4 Å². The molecule has 0 atom stereocenters. The van der Waals surface area contributed by atoms with E-state index in [1.165, 1.54) is 5.67 Å². The molecule has 0 N–H and O–H groups in total. The van der Waals surface area contributed by atoms with Crippen LogP contribution < -0.4 is 0 Å². The third-order valence-electron chi connectivity index (χ3n) is 5.42. The molecule has 19 heavy (non-hydrogen) atoms. The summed E-state index contributed by atoms with van der Waals surface area (Å²) in [5.41, 5.74) is 1.17. The maximum atomic E-state index is 6.93. The fourth-order valence-corrected chi connectivity index (χ4v) is 35.4. The first-order valence-electron chi connectivity index (χ1n) is 7.09. The molecule has 0 aliphatic carbocycles. The van der Waals surface area contributed by atoms with E-state index in [4.69, 9.17) is 22.2 Å². The molecule has 0 saturated carbocycles. The van der Waals surface area contributed by atoms with Crippen molar-refractivity contribution in [3.63, 3.8) is 0 Å². The first kappa shape index (κ1) is 20.4. The summed E-state index contributed by atoms with van der Waals surface area (Å²) in [5.74, 6) is 0. The van der Waals surface area contributed by atoms with Gasteiger partial charge in [-0.05, 0) is 15.7 Å². The predicted octanol–water partition coefficient (Wildman–Crippen LogP) is 6.16. The van der Waals surface area contributed by atoms with Gasteiger partial charge in [0.05, 0.1) is 15.2 Å². The summed E-state index contributed by atoms with van der Waals surface area (Å²) in [7, 11) is -4.37. The topological polar surface area (TPSA) is 0 Å². The fourth-order valence-electron chi connectivity index (χ4n) is 1.39. The van der Waals surface area contributed by atoms with Gasteiger partial charge in [-0.1, -0.05) is 67.7 Å². The average Bonchev–Trinajstić information content (AvgIpc) is 2.13. The Bertz CT molecular complexity index is 273. The Labute approximate surface area is 135 Å². The average molecular weight is 372 g/mol. The van der Waals surface area contributed by atoms with E-state index in [0.717, 1.165) is 0 Å². The summed E-state index contributed by atoms with van der Waals surface area (Å²) in [6, 6.07) is 0. The molecule has 0 rings (SSSR count). The summed E-state index contributed by atoms with van der Waals surface area (Å²) >= 11 is 13.9. The van der Waals surface area contributed by atoms with Crippen molar-refractivity contribution in [3.8, 4) is 0 Å². The summed E-state index contributed by atoms with van der Waals surface area (Å²) < 4.78 is 0. The van der Waals surface area contributed by atoms with Crippen LogP contribution in [0.2, 0.25) is 41.9 Å². The lowest BCUT2D eigenvalue weighted by Gasteiger charge is -2.43. The smallest absolute Gasteiger partial charge is 0.152 e. The normalized spacial score (nSPS) is 15.5. The van der Waals surface area contributed by atoms with Gasteiger partial charge in [0.2, 0.25) is 0 Å². The van der Waals surface area contributed by atoms with Crippen LogP contribution in [0, 0.1) is 0 Å². The van der Waals surface area contributed by atoms with Crippen LogP contribution in [0.25, 0.3) is 0 Å². The van der Waals surface area contributed by atoms with Gasteiger partial charge in [-0.3, -0.25) is 0 Å². The van der Waals surface area contributed by atoms with Crippen molar-refractivity contribution in [3.05, 3.63) is 0 Å². The summed E-state index contributed by atoms with van der Waals surface area (Å²) in [6.45, 7) is 24.0. The molecule has 0 nitrogen and oxygen atoms in total. The zero-order valence-electron chi connectivity index (χ0n) is 14.5. The number of rotatable bonds is 4. The Balaban J connectivity index is 4.99. The quantitative estimate of drug-likeness (QED) is 0.410.